The van der Waals surface area contributed by atoms with Gasteiger partial charge in [0.15, 0.2) is 0 Å². The Morgan fingerprint density at radius 2 is 2.11 bits per heavy atom. The van der Waals surface area contributed by atoms with Crippen LogP contribution in [0.2, 0.25) is 0 Å². The Balaban J connectivity index is 1.91. The molecule has 0 aromatic heterocycles. The molecular weight excluding hydrogens is 238 g/mol. The number of benzene rings is 1. The molecule has 1 aromatic rings. The van der Waals surface area contributed by atoms with Gasteiger partial charge in [-0.2, -0.15) is 0 Å². The lowest BCUT2D eigenvalue weighted by molar-refractivity contribution is 0.250. The summed E-state index contributed by atoms with van der Waals surface area (Å²) in [6, 6.07) is 7.54. The van der Waals surface area contributed by atoms with Crippen molar-refractivity contribution >= 4 is 17.4 Å². The quantitative estimate of drug-likeness (QED) is 0.854. The number of amides is 2. The monoisotopic (exact) mass is 257 g/mol. The van der Waals surface area contributed by atoms with Crippen molar-refractivity contribution in [1.82, 2.24) is 5.32 Å². The van der Waals surface area contributed by atoms with Gasteiger partial charge >= 0.3 is 6.03 Å². The van der Waals surface area contributed by atoms with Gasteiger partial charge in [0.05, 0.1) is 6.04 Å². The smallest absolute Gasteiger partial charge is 0.319 e. The molecule has 0 spiro atoms. The zero-order valence-electron chi connectivity index (χ0n) is 11.3. The van der Waals surface area contributed by atoms with Crippen LogP contribution in [0.1, 0.15) is 25.3 Å². The van der Waals surface area contributed by atoms with Crippen molar-refractivity contribution in [3.05, 3.63) is 42.1 Å². The molecule has 4 nitrogen and oxygen atoms in total. The van der Waals surface area contributed by atoms with Crippen molar-refractivity contribution in [3.63, 3.8) is 0 Å². The Morgan fingerprint density at radius 3 is 2.68 bits per heavy atom. The van der Waals surface area contributed by atoms with E-state index in [1.807, 2.05) is 44.2 Å². The van der Waals surface area contributed by atoms with E-state index in [9.17, 15) is 4.79 Å². The fourth-order valence-corrected chi connectivity index (χ4v) is 1.99. The van der Waals surface area contributed by atoms with Crippen LogP contribution in [0, 0.1) is 6.92 Å². The van der Waals surface area contributed by atoms with E-state index >= 15 is 0 Å². The molecule has 2 N–H and O–H groups in total. The molecule has 100 valence electrons. The molecule has 0 aliphatic carbocycles. The summed E-state index contributed by atoms with van der Waals surface area (Å²) < 4.78 is 0. The van der Waals surface area contributed by atoms with E-state index in [1.165, 1.54) is 5.56 Å². The van der Waals surface area contributed by atoms with Gasteiger partial charge in [-0.25, -0.2) is 4.79 Å². The van der Waals surface area contributed by atoms with Crippen LogP contribution >= 0.6 is 0 Å². The second-order valence-corrected chi connectivity index (χ2v) is 4.63. The summed E-state index contributed by atoms with van der Waals surface area (Å²) in [7, 11) is 0. The molecule has 19 heavy (non-hydrogen) atoms. The number of carbonyl (C=O) groups is 1. The number of rotatable bonds is 4. The van der Waals surface area contributed by atoms with E-state index in [4.69, 9.17) is 0 Å². The van der Waals surface area contributed by atoms with Crippen molar-refractivity contribution < 1.29 is 4.79 Å². The molecule has 0 saturated carbocycles. The van der Waals surface area contributed by atoms with E-state index in [0.717, 1.165) is 24.2 Å². The zero-order chi connectivity index (χ0) is 13.7. The first-order valence-electron chi connectivity index (χ1n) is 6.55. The van der Waals surface area contributed by atoms with Crippen LogP contribution in [0.4, 0.5) is 10.5 Å². The number of aryl methyl sites for hydroxylation is 1. The van der Waals surface area contributed by atoms with Gasteiger partial charge < -0.3 is 10.6 Å². The molecule has 0 radical (unpaired) electrons. The van der Waals surface area contributed by atoms with Crippen molar-refractivity contribution in [2.24, 2.45) is 4.99 Å². The fourth-order valence-electron chi connectivity index (χ4n) is 1.99. The molecule has 1 heterocycles. The molecule has 1 unspecified atom stereocenters. The maximum absolute atomic E-state index is 11.9. The lowest BCUT2D eigenvalue weighted by atomic mass is 10.1. The summed E-state index contributed by atoms with van der Waals surface area (Å²) in [5.74, 6) is 0. The van der Waals surface area contributed by atoms with E-state index in [-0.39, 0.29) is 12.1 Å². The standard InChI is InChI=1S/C15H19N3O/c1-3-13(14-5-4-10-16-14)18-15(19)17-12-8-6-11(2)7-9-12/h4,6-10,13H,3,5H2,1-2H3,(H2,17,18,19). The van der Waals surface area contributed by atoms with Gasteiger partial charge in [-0.05, 0) is 25.5 Å². The molecule has 4 heteroatoms. The highest BCUT2D eigenvalue weighted by Gasteiger charge is 2.17. The van der Waals surface area contributed by atoms with Crippen LogP contribution in [-0.4, -0.2) is 17.8 Å². The van der Waals surface area contributed by atoms with Gasteiger partial charge in [0.1, 0.15) is 0 Å². The predicted molar refractivity (Wildman–Crippen MR) is 78.6 cm³/mol. The number of nitrogens with zero attached hydrogens (tertiary/aromatic N) is 1. The number of hydrogen-bond acceptors (Lipinski definition) is 2. The molecule has 1 aliphatic heterocycles. The predicted octanol–water partition coefficient (Wildman–Crippen LogP) is 3.25. The van der Waals surface area contributed by atoms with E-state index in [0.29, 0.717) is 0 Å². The van der Waals surface area contributed by atoms with Crippen LogP contribution in [0.3, 0.4) is 0 Å². The minimum absolute atomic E-state index is 0.000415. The van der Waals surface area contributed by atoms with Gasteiger partial charge in [-0.15, -0.1) is 0 Å². The Morgan fingerprint density at radius 1 is 1.37 bits per heavy atom. The summed E-state index contributed by atoms with van der Waals surface area (Å²) in [6.45, 7) is 4.06. The first-order chi connectivity index (χ1) is 9.19. The fraction of sp³-hybridized carbons (Fsp3) is 0.333. The first kappa shape index (κ1) is 13.3. The van der Waals surface area contributed by atoms with Crippen molar-refractivity contribution in [2.45, 2.75) is 32.7 Å². The summed E-state index contributed by atoms with van der Waals surface area (Å²) in [4.78, 5) is 16.2. The van der Waals surface area contributed by atoms with Crippen molar-refractivity contribution in [1.29, 1.82) is 0 Å². The molecule has 1 aliphatic rings. The van der Waals surface area contributed by atoms with Crippen molar-refractivity contribution in [2.75, 3.05) is 5.32 Å². The van der Waals surface area contributed by atoms with Crippen LogP contribution in [0.25, 0.3) is 0 Å². The second kappa shape index (κ2) is 6.18. The van der Waals surface area contributed by atoms with Crippen LogP contribution in [0.15, 0.2) is 41.5 Å². The van der Waals surface area contributed by atoms with Gasteiger partial charge in [0, 0.05) is 24.0 Å². The number of carbonyl (C=O) groups excluding carboxylic acids is 1. The van der Waals surface area contributed by atoms with Crippen LogP contribution < -0.4 is 10.6 Å². The maximum Gasteiger partial charge on any atom is 0.319 e. The van der Waals surface area contributed by atoms with Gasteiger partial charge in [0.2, 0.25) is 0 Å². The minimum Gasteiger partial charge on any atom is -0.330 e. The van der Waals surface area contributed by atoms with Crippen molar-refractivity contribution in [3.8, 4) is 0 Å². The molecule has 1 atom stereocenters. The average Bonchev–Trinajstić information content (AvgIpc) is 2.92. The number of anilines is 1. The molecule has 2 amide bonds. The molecule has 0 fully saturated rings. The third-order valence-corrected chi connectivity index (χ3v) is 3.10. The van der Waals surface area contributed by atoms with Gasteiger partial charge in [-0.3, -0.25) is 4.99 Å². The lowest BCUT2D eigenvalue weighted by Gasteiger charge is -2.17. The molecule has 0 bridgehead atoms. The maximum atomic E-state index is 11.9. The average molecular weight is 257 g/mol. The van der Waals surface area contributed by atoms with Gasteiger partial charge in [0.25, 0.3) is 0 Å². The van der Waals surface area contributed by atoms with Crippen LogP contribution in [0.5, 0.6) is 0 Å². The zero-order valence-corrected chi connectivity index (χ0v) is 11.3. The lowest BCUT2D eigenvalue weighted by Crippen LogP contribution is -2.42. The Hall–Kier alpha value is -2.10. The topological polar surface area (TPSA) is 53.5 Å². The Labute approximate surface area is 113 Å². The molecular formula is C15H19N3O. The molecule has 1 aromatic carbocycles. The third kappa shape index (κ3) is 3.68. The number of allylic oxidation sites excluding steroid dienone is 1. The van der Waals surface area contributed by atoms with E-state index in [1.54, 1.807) is 6.20 Å². The summed E-state index contributed by atoms with van der Waals surface area (Å²) >= 11 is 0. The van der Waals surface area contributed by atoms with E-state index in [2.05, 4.69) is 15.6 Å². The number of urea groups is 1. The number of aliphatic imine (C=N–C) groups is 1. The number of nitrogens with one attached hydrogen (secondary N) is 2. The summed E-state index contributed by atoms with van der Waals surface area (Å²) in [5, 5.41) is 5.78. The third-order valence-electron chi connectivity index (χ3n) is 3.10. The second-order valence-electron chi connectivity index (χ2n) is 4.63. The molecule has 0 saturated heterocycles. The van der Waals surface area contributed by atoms with Crippen LogP contribution in [-0.2, 0) is 0 Å². The SMILES string of the molecule is CCC(NC(=O)Nc1ccc(C)cc1)C1=NC=CC1. The summed E-state index contributed by atoms with van der Waals surface area (Å²) in [5.41, 5.74) is 2.98. The normalized spacial score (nSPS) is 14.9. The van der Waals surface area contributed by atoms with Gasteiger partial charge in [-0.1, -0.05) is 30.7 Å². The molecule has 2 rings (SSSR count). The first-order valence-corrected chi connectivity index (χ1v) is 6.55. The van der Waals surface area contributed by atoms with E-state index < -0.39 is 0 Å². The summed E-state index contributed by atoms with van der Waals surface area (Å²) in [6.07, 6.45) is 5.44. The largest absolute Gasteiger partial charge is 0.330 e. The highest BCUT2D eigenvalue weighted by atomic mass is 16.2. The number of hydrogen-bond donors (Lipinski definition) is 2. The Bertz CT molecular complexity index is 503. The highest BCUT2D eigenvalue weighted by Crippen LogP contribution is 2.10. The highest BCUT2D eigenvalue weighted by molar-refractivity contribution is 5.98. The minimum atomic E-state index is -0.190. The Kier molecular flexibility index (Phi) is 4.34.